The second-order valence-electron chi connectivity index (χ2n) is 5.17. The summed E-state index contributed by atoms with van der Waals surface area (Å²) in [5.74, 6) is -2.05. The van der Waals surface area contributed by atoms with Gasteiger partial charge in [0.05, 0.1) is 6.10 Å². The number of benzene rings is 2. The molecule has 2 aromatic rings. The summed E-state index contributed by atoms with van der Waals surface area (Å²) in [6.45, 7) is 0. The normalized spacial score (nSPS) is 16.2. The molecule has 0 spiro atoms. The van der Waals surface area contributed by atoms with Crippen LogP contribution >= 0.6 is 11.6 Å². The molecule has 0 saturated carbocycles. The van der Waals surface area contributed by atoms with Crippen LogP contribution in [-0.2, 0) is 12.8 Å². The van der Waals surface area contributed by atoms with E-state index in [1.54, 1.807) is 0 Å². The van der Waals surface area contributed by atoms with Gasteiger partial charge in [0.25, 0.3) is 0 Å². The minimum Gasteiger partial charge on any atom is -0.388 e. The monoisotopic (exact) mass is 294 g/mol. The van der Waals surface area contributed by atoms with Gasteiger partial charge in [0, 0.05) is 10.6 Å². The minimum absolute atomic E-state index is 0.0604. The van der Waals surface area contributed by atoms with Gasteiger partial charge in [0.15, 0.2) is 11.6 Å². The molecule has 0 amide bonds. The van der Waals surface area contributed by atoms with E-state index in [9.17, 15) is 13.9 Å². The lowest BCUT2D eigenvalue weighted by atomic mass is 9.93. The number of halogens is 3. The van der Waals surface area contributed by atoms with Crippen LogP contribution in [0.5, 0.6) is 0 Å². The first-order chi connectivity index (χ1) is 9.56. The summed E-state index contributed by atoms with van der Waals surface area (Å²) in [6.07, 6.45) is 0.532. The Hall–Kier alpha value is -1.45. The molecule has 0 saturated heterocycles. The van der Waals surface area contributed by atoms with Crippen LogP contribution in [0.25, 0.3) is 0 Å². The van der Waals surface area contributed by atoms with Gasteiger partial charge < -0.3 is 5.11 Å². The van der Waals surface area contributed by atoms with Gasteiger partial charge in [-0.05, 0) is 42.0 Å². The first kappa shape index (κ1) is 13.5. The zero-order chi connectivity index (χ0) is 14.3. The molecule has 1 aliphatic rings. The number of rotatable bonds is 2. The average molecular weight is 295 g/mol. The molecule has 1 aliphatic carbocycles. The summed E-state index contributed by atoms with van der Waals surface area (Å²) in [5.41, 5.74) is 2.63. The fraction of sp³-hybridized carbons (Fsp3) is 0.250. The molecular formula is C16H13ClF2O. The lowest BCUT2D eigenvalue weighted by Gasteiger charge is -2.19. The van der Waals surface area contributed by atoms with Crippen molar-refractivity contribution in [3.63, 3.8) is 0 Å². The van der Waals surface area contributed by atoms with E-state index in [1.165, 1.54) is 11.1 Å². The zero-order valence-corrected chi connectivity index (χ0v) is 11.4. The van der Waals surface area contributed by atoms with Crippen LogP contribution in [0.2, 0.25) is 5.02 Å². The molecule has 1 unspecified atom stereocenters. The van der Waals surface area contributed by atoms with Crippen LogP contribution in [0, 0.1) is 17.6 Å². The highest BCUT2D eigenvalue weighted by Crippen LogP contribution is 2.38. The van der Waals surface area contributed by atoms with Crippen molar-refractivity contribution in [2.45, 2.75) is 18.9 Å². The summed E-state index contributed by atoms with van der Waals surface area (Å²) < 4.78 is 26.4. The van der Waals surface area contributed by atoms with Crippen LogP contribution in [0.3, 0.4) is 0 Å². The van der Waals surface area contributed by atoms with Gasteiger partial charge in [-0.25, -0.2) is 8.78 Å². The lowest BCUT2D eigenvalue weighted by Crippen LogP contribution is -2.14. The van der Waals surface area contributed by atoms with Crippen molar-refractivity contribution in [2.24, 2.45) is 5.92 Å². The van der Waals surface area contributed by atoms with Crippen molar-refractivity contribution >= 4 is 11.6 Å². The Bertz CT molecular complexity index is 632. The number of hydrogen-bond acceptors (Lipinski definition) is 1. The maximum absolute atomic E-state index is 13.3. The second kappa shape index (κ2) is 5.15. The van der Waals surface area contributed by atoms with E-state index < -0.39 is 17.7 Å². The molecule has 104 valence electrons. The molecule has 4 heteroatoms. The standard InChI is InChI=1S/C16H13ClF2O/c17-13-8-15(19)14(18)7-12(13)16(20)11-5-9-3-1-2-4-10(9)6-11/h1-4,7-8,11,16,20H,5-6H2. The molecule has 0 radical (unpaired) electrons. The quantitative estimate of drug-likeness (QED) is 0.828. The van der Waals surface area contributed by atoms with Crippen molar-refractivity contribution in [1.82, 2.24) is 0 Å². The Morgan fingerprint density at radius 1 is 1.05 bits per heavy atom. The summed E-state index contributed by atoms with van der Waals surface area (Å²) in [6, 6.07) is 9.86. The highest BCUT2D eigenvalue weighted by atomic mass is 35.5. The van der Waals surface area contributed by atoms with Gasteiger partial charge in [0.2, 0.25) is 0 Å². The van der Waals surface area contributed by atoms with Crippen molar-refractivity contribution in [3.05, 3.63) is 69.7 Å². The summed E-state index contributed by atoms with van der Waals surface area (Å²) in [4.78, 5) is 0. The van der Waals surface area contributed by atoms with Crippen molar-refractivity contribution in [2.75, 3.05) is 0 Å². The van der Waals surface area contributed by atoms with E-state index in [4.69, 9.17) is 11.6 Å². The third-order valence-corrected chi connectivity index (χ3v) is 4.21. The number of hydrogen-bond donors (Lipinski definition) is 1. The fourth-order valence-corrected chi connectivity index (χ4v) is 3.10. The molecule has 0 heterocycles. The predicted molar refractivity (Wildman–Crippen MR) is 73.7 cm³/mol. The van der Waals surface area contributed by atoms with Gasteiger partial charge >= 0.3 is 0 Å². The molecule has 2 aromatic carbocycles. The Morgan fingerprint density at radius 3 is 2.20 bits per heavy atom. The van der Waals surface area contributed by atoms with Gasteiger partial charge in [-0.1, -0.05) is 35.9 Å². The largest absolute Gasteiger partial charge is 0.388 e. The smallest absolute Gasteiger partial charge is 0.160 e. The molecule has 1 N–H and O–H groups in total. The molecule has 0 aromatic heterocycles. The second-order valence-corrected chi connectivity index (χ2v) is 5.58. The Labute approximate surface area is 120 Å². The first-order valence-corrected chi connectivity index (χ1v) is 6.83. The van der Waals surface area contributed by atoms with Gasteiger partial charge in [-0.2, -0.15) is 0 Å². The predicted octanol–water partition coefficient (Wildman–Crippen LogP) is 4.07. The number of aliphatic hydroxyl groups is 1. The highest BCUT2D eigenvalue weighted by molar-refractivity contribution is 6.31. The number of fused-ring (bicyclic) bond motifs is 1. The Morgan fingerprint density at radius 2 is 1.60 bits per heavy atom. The topological polar surface area (TPSA) is 20.2 Å². The van der Waals surface area contributed by atoms with Crippen LogP contribution in [-0.4, -0.2) is 5.11 Å². The molecule has 20 heavy (non-hydrogen) atoms. The first-order valence-electron chi connectivity index (χ1n) is 6.45. The van der Waals surface area contributed by atoms with Gasteiger partial charge in [-0.3, -0.25) is 0 Å². The Balaban J connectivity index is 1.88. The summed E-state index contributed by atoms with van der Waals surface area (Å²) in [5, 5.41) is 10.5. The molecular weight excluding hydrogens is 282 g/mol. The van der Waals surface area contributed by atoms with E-state index in [2.05, 4.69) is 0 Å². The maximum Gasteiger partial charge on any atom is 0.160 e. The average Bonchev–Trinajstić information content (AvgIpc) is 2.86. The van der Waals surface area contributed by atoms with Crippen molar-refractivity contribution in [1.29, 1.82) is 0 Å². The molecule has 3 rings (SSSR count). The number of aliphatic hydroxyl groups excluding tert-OH is 1. The third-order valence-electron chi connectivity index (χ3n) is 3.89. The van der Waals surface area contributed by atoms with Crippen LogP contribution in [0.4, 0.5) is 8.78 Å². The van der Waals surface area contributed by atoms with E-state index in [-0.39, 0.29) is 16.5 Å². The fourth-order valence-electron chi connectivity index (χ4n) is 2.83. The van der Waals surface area contributed by atoms with Crippen molar-refractivity contribution in [3.8, 4) is 0 Å². The third kappa shape index (κ3) is 2.32. The molecule has 0 aliphatic heterocycles. The summed E-state index contributed by atoms with van der Waals surface area (Å²) in [7, 11) is 0. The minimum atomic E-state index is -0.999. The van der Waals surface area contributed by atoms with E-state index in [1.807, 2.05) is 24.3 Å². The van der Waals surface area contributed by atoms with E-state index in [0.29, 0.717) is 12.8 Å². The van der Waals surface area contributed by atoms with E-state index >= 15 is 0 Å². The van der Waals surface area contributed by atoms with Gasteiger partial charge in [0.1, 0.15) is 0 Å². The lowest BCUT2D eigenvalue weighted by molar-refractivity contribution is 0.113. The Kier molecular flexibility index (Phi) is 3.48. The van der Waals surface area contributed by atoms with E-state index in [0.717, 1.165) is 12.1 Å². The van der Waals surface area contributed by atoms with Crippen LogP contribution < -0.4 is 0 Å². The molecule has 0 fully saturated rings. The highest BCUT2D eigenvalue weighted by Gasteiger charge is 2.30. The van der Waals surface area contributed by atoms with Crippen LogP contribution in [0.15, 0.2) is 36.4 Å². The molecule has 0 bridgehead atoms. The molecule has 1 nitrogen and oxygen atoms in total. The SMILES string of the molecule is OC(c1cc(F)c(F)cc1Cl)C1Cc2ccccc2C1. The van der Waals surface area contributed by atoms with Crippen molar-refractivity contribution < 1.29 is 13.9 Å². The summed E-state index contributed by atoms with van der Waals surface area (Å²) >= 11 is 5.92. The van der Waals surface area contributed by atoms with Crippen LogP contribution in [0.1, 0.15) is 22.8 Å². The molecule has 1 atom stereocenters. The maximum atomic E-state index is 13.3. The zero-order valence-electron chi connectivity index (χ0n) is 10.6. The van der Waals surface area contributed by atoms with Gasteiger partial charge in [-0.15, -0.1) is 0 Å².